The van der Waals surface area contributed by atoms with Crippen molar-refractivity contribution in [2.45, 2.75) is 6.42 Å². The van der Waals surface area contributed by atoms with Gasteiger partial charge < -0.3 is 9.47 Å². The van der Waals surface area contributed by atoms with Crippen LogP contribution in [0.5, 0.6) is 11.5 Å². The van der Waals surface area contributed by atoms with E-state index in [0.29, 0.717) is 6.42 Å². The lowest BCUT2D eigenvalue weighted by Crippen LogP contribution is -1.90. The Kier molecular flexibility index (Phi) is 3.64. The Bertz CT molecular complexity index is 508. The highest BCUT2D eigenvalue weighted by Gasteiger charge is 2.11. The lowest BCUT2D eigenvalue weighted by Gasteiger charge is -2.08. The van der Waals surface area contributed by atoms with Gasteiger partial charge in [-0.1, -0.05) is 0 Å². The van der Waals surface area contributed by atoms with E-state index in [9.17, 15) is 0 Å². The first-order valence-electron chi connectivity index (χ1n) is 5.24. The molecule has 1 aromatic carbocycles. The third kappa shape index (κ3) is 2.42. The van der Waals surface area contributed by atoms with E-state index >= 15 is 0 Å². The average Bonchev–Trinajstić information content (AvgIpc) is 2.86. The highest BCUT2D eigenvalue weighted by molar-refractivity contribution is 7.13. The molecule has 0 atom stereocenters. The van der Waals surface area contributed by atoms with Crippen LogP contribution in [0.15, 0.2) is 23.6 Å². The van der Waals surface area contributed by atoms with Gasteiger partial charge in [0.25, 0.3) is 0 Å². The summed E-state index contributed by atoms with van der Waals surface area (Å²) in [7, 11) is 3.30. The molecule has 2 aromatic rings. The molecule has 0 fully saturated rings. The summed E-state index contributed by atoms with van der Waals surface area (Å²) in [5.74, 6) is 1.60. The zero-order valence-electron chi connectivity index (χ0n) is 9.90. The maximum atomic E-state index is 5.34. The minimum absolute atomic E-state index is 0.697. The van der Waals surface area contributed by atoms with E-state index in [4.69, 9.17) is 9.47 Å². The number of hydrogen-bond acceptors (Lipinski definition) is 4. The second-order valence-electron chi connectivity index (χ2n) is 3.46. The Morgan fingerprint density at radius 3 is 2.71 bits per heavy atom. The third-order valence-corrected chi connectivity index (χ3v) is 3.37. The predicted octanol–water partition coefficient (Wildman–Crippen LogP) is 3.20. The molecule has 0 aliphatic carbocycles. The highest BCUT2D eigenvalue weighted by atomic mass is 32.1. The molecule has 0 saturated heterocycles. The molecule has 0 N–H and O–H groups in total. The Hall–Kier alpha value is -1.55. The summed E-state index contributed by atoms with van der Waals surface area (Å²) in [6.45, 7) is 3.83. The lowest BCUT2D eigenvalue weighted by molar-refractivity contribution is 0.404. The van der Waals surface area contributed by atoms with E-state index in [1.807, 2.05) is 23.6 Å². The summed E-state index contributed by atoms with van der Waals surface area (Å²) in [6.07, 6.45) is 0.697. The van der Waals surface area contributed by atoms with Crippen LogP contribution < -0.4 is 9.47 Å². The van der Waals surface area contributed by atoms with Crippen molar-refractivity contribution in [2.24, 2.45) is 0 Å². The van der Waals surface area contributed by atoms with Crippen molar-refractivity contribution in [3.05, 3.63) is 36.2 Å². The minimum atomic E-state index is 0.697. The van der Waals surface area contributed by atoms with Gasteiger partial charge in [0.1, 0.15) is 16.5 Å². The van der Waals surface area contributed by atoms with E-state index in [1.54, 1.807) is 25.6 Å². The number of rotatable bonds is 4. The van der Waals surface area contributed by atoms with Gasteiger partial charge >= 0.3 is 0 Å². The number of aromatic nitrogens is 1. The van der Waals surface area contributed by atoms with Gasteiger partial charge in [-0.3, -0.25) is 0 Å². The SMILES string of the molecule is [CH2]Cc1csc(-c2cc(OC)ccc2OC)n1. The summed E-state index contributed by atoms with van der Waals surface area (Å²) < 4.78 is 10.6. The molecule has 0 spiro atoms. The van der Waals surface area contributed by atoms with Crippen LogP contribution in [0, 0.1) is 6.92 Å². The fourth-order valence-corrected chi connectivity index (χ4v) is 2.40. The fourth-order valence-electron chi connectivity index (χ4n) is 1.53. The number of benzene rings is 1. The lowest BCUT2D eigenvalue weighted by atomic mass is 10.2. The van der Waals surface area contributed by atoms with Crippen molar-refractivity contribution >= 4 is 11.3 Å². The molecule has 1 aromatic heterocycles. The number of hydrogen-bond donors (Lipinski definition) is 0. The molecule has 0 amide bonds. The van der Waals surface area contributed by atoms with E-state index in [1.165, 1.54) is 0 Å². The van der Waals surface area contributed by atoms with Gasteiger partial charge in [-0.25, -0.2) is 4.98 Å². The first-order chi connectivity index (χ1) is 8.28. The number of nitrogens with zero attached hydrogens (tertiary/aromatic N) is 1. The molecule has 0 bridgehead atoms. The van der Waals surface area contributed by atoms with Crippen molar-refractivity contribution in [2.75, 3.05) is 14.2 Å². The molecular weight excluding hydrogens is 234 g/mol. The van der Waals surface area contributed by atoms with Crippen LogP contribution in [0.4, 0.5) is 0 Å². The summed E-state index contributed by atoms with van der Waals surface area (Å²) >= 11 is 1.59. The molecule has 1 heterocycles. The quantitative estimate of drug-likeness (QED) is 0.832. The molecule has 2 rings (SSSR count). The average molecular weight is 248 g/mol. The second kappa shape index (κ2) is 5.19. The van der Waals surface area contributed by atoms with Crippen LogP contribution in [-0.2, 0) is 6.42 Å². The number of ether oxygens (including phenoxy) is 2. The normalized spacial score (nSPS) is 10.3. The van der Waals surface area contributed by atoms with Crippen molar-refractivity contribution in [1.82, 2.24) is 4.98 Å². The van der Waals surface area contributed by atoms with Gasteiger partial charge in [-0.2, -0.15) is 0 Å². The Labute approximate surface area is 105 Å². The Morgan fingerprint density at radius 1 is 1.29 bits per heavy atom. The molecule has 89 valence electrons. The van der Waals surface area contributed by atoms with Crippen molar-refractivity contribution in [1.29, 1.82) is 0 Å². The van der Waals surface area contributed by atoms with Gasteiger partial charge in [0.05, 0.1) is 25.5 Å². The maximum absolute atomic E-state index is 5.34. The molecule has 0 saturated carbocycles. The van der Waals surface area contributed by atoms with Gasteiger partial charge in [0.2, 0.25) is 0 Å². The highest BCUT2D eigenvalue weighted by Crippen LogP contribution is 2.35. The standard InChI is InChI=1S/C13H14NO2S/c1-4-9-8-17-13(14-9)11-7-10(15-2)5-6-12(11)16-3/h5-8H,1,4H2,2-3H3. The maximum Gasteiger partial charge on any atom is 0.129 e. The summed E-state index contributed by atoms with van der Waals surface area (Å²) in [4.78, 5) is 4.50. The van der Waals surface area contributed by atoms with Crippen LogP contribution in [-0.4, -0.2) is 19.2 Å². The van der Waals surface area contributed by atoms with E-state index in [-0.39, 0.29) is 0 Å². The number of thiazole rings is 1. The molecular formula is C13H14NO2S. The van der Waals surface area contributed by atoms with Crippen molar-refractivity contribution < 1.29 is 9.47 Å². The molecule has 3 nitrogen and oxygen atoms in total. The monoisotopic (exact) mass is 248 g/mol. The van der Waals surface area contributed by atoms with Crippen molar-refractivity contribution in [3.8, 4) is 22.1 Å². The smallest absolute Gasteiger partial charge is 0.129 e. The van der Waals surface area contributed by atoms with Crippen LogP contribution in [0.25, 0.3) is 10.6 Å². The van der Waals surface area contributed by atoms with Crippen LogP contribution >= 0.6 is 11.3 Å². The van der Waals surface area contributed by atoms with Crippen LogP contribution in [0.2, 0.25) is 0 Å². The number of methoxy groups -OCH3 is 2. The molecule has 0 unspecified atom stereocenters. The molecule has 0 aliphatic rings. The summed E-state index contributed by atoms with van der Waals surface area (Å²) in [6, 6.07) is 5.70. The fraction of sp³-hybridized carbons (Fsp3) is 0.231. The van der Waals surface area contributed by atoms with E-state index < -0.39 is 0 Å². The van der Waals surface area contributed by atoms with Crippen molar-refractivity contribution in [3.63, 3.8) is 0 Å². The Morgan fingerprint density at radius 2 is 2.12 bits per heavy atom. The largest absolute Gasteiger partial charge is 0.497 e. The van der Waals surface area contributed by atoms with Gasteiger partial charge in [0, 0.05) is 5.38 Å². The zero-order chi connectivity index (χ0) is 12.3. The minimum Gasteiger partial charge on any atom is -0.497 e. The Balaban J connectivity index is 2.47. The van der Waals surface area contributed by atoms with E-state index in [0.717, 1.165) is 27.8 Å². The van der Waals surface area contributed by atoms with E-state index in [2.05, 4.69) is 11.9 Å². The molecule has 1 radical (unpaired) electrons. The molecule has 17 heavy (non-hydrogen) atoms. The predicted molar refractivity (Wildman–Crippen MR) is 69.7 cm³/mol. The summed E-state index contributed by atoms with van der Waals surface area (Å²) in [5.41, 5.74) is 1.95. The van der Waals surface area contributed by atoms with Gasteiger partial charge in [-0.15, -0.1) is 11.3 Å². The van der Waals surface area contributed by atoms with Gasteiger partial charge in [-0.05, 0) is 31.5 Å². The molecule has 0 aliphatic heterocycles. The van der Waals surface area contributed by atoms with Crippen LogP contribution in [0.3, 0.4) is 0 Å². The topological polar surface area (TPSA) is 31.4 Å². The zero-order valence-corrected chi connectivity index (χ0v) is 10.7. The first kappa shape index (κ1) is 11.9. The third-order valence-electron chi connectivity index (χ3n) is 2.44. The molecule has 4 heteroatoms. The van der Waals surface area contributed by atoms with Crippen LogP contribution in [0.1, 0.15) is 5.69 Å². The second-order valence-corrected chi connectivity index (χ2v) is 4.32. The first-order valence-corrected chi connectivity index (χ1v) is 6.12. The summed E-state index contributed by atoms with van der Waals surface area (Å²) in [5, 5.41) is 2.95. The van der Waals surface area contributed by atoms with Gasteiger partial charge in [0.15, 0.2) is 0 Å².